The Morgan fingerprint density at radius 3 is 2.33 bits per heavy atom. The number of phenolic OH excluding ortho intramolecular Hbond substituents is 2. The van der Waals surface area contributed by atoms with Gasteiger partial charge in [0.25, 0.3) is 0 Å². The Morgan fingerprint density at radius 2 is 1.92 bits per heavy atom. The van der Waals surface area contributed by atoms with Gasteiger partial charge in [0.05, 0.1) is 0 Å². The van der Waals surface area contributed by atoms with Crippen molar-refractivity contribution in [2.75, 3.05) is 0 Å². The molecule has 0 amide bonds. The van der Waals surface area contributed by atoms with Gasteiger partial charge >= 0.3 is 0 Å². The summed E-state index contributed by atoms with van der Waals surface area (Å²) < 4.78 is 0. The normalized spacial score (nSPS) is 11.8. The number of benzene rings is 1. The van der Waals surface area contributed by atoms with E-state index < -0.39 is 0 Å². The summed E-state index contributed by atoms with van der Waals surface area (Å²) in [6.45, 7) is 1.74. The van der Waals surface area contributed by atoms with Gasteiger partial charge in [-0.25, -0.2) is 0 Å². The van der Waals surface area contributed by atoms with Crippen molar-refractivity contribution in [1.82, 2.24) is 0 Å². The maximum absolute atomic E-state index is 9.24. The first-order valence-corrected chi connectivity index (χ1v) is 3.39. The van der Waals surface area contributed by atoms with E-state index in [1.54, 1.807) is 19.1 Å². The van der Waals surface area contributed by atoms with E-state index in [0.29, 0.717) is 5.56 Å². The fourth-order valence-electron chi connectivity index (χ4n) is 0.916. The summed E-state index contributed by atoms with van der Waals surface area (Å²) in [5.74, 6) is -0.248. The molecule has 0 aliphatic heterocycles. The third kappa shape index (κ3) is 2.03. The van der Waals surface area contributed by atoms with Crippen molar-refractivity contribution in [2.45, 2.75) is 13.0 Å². The summed E-state index contributed by atoms with van der Waals surface area (Å²) in [5, 5.41) is 18.3. The molecule has 68 valence electrons. The van der Waals surface area contributed by atoms with Gasteiger partial charge in [0.2, 0.25) is 0 Å². The van der Waals surface area contributed by atoms with Crippen molar-refractivity contribution in [2.24, 2.45) is 5.73 Å². The molecule has 1 rings (SSSR count). The van der Waals surface area contributed by atoms with Crippen LogP contribution in [0, 0.1) is 0 Å². The van der Waals surface area contributed by atoms with Crippen molar-refractivity contribution in [3.63, 3.8) is 0 Å². The lowest BCUT2D eigenvalue weighted by molar-refractivity contribution is 0.397. The minimum absolute atomic E-state index is 0. The highest BCUT2D eigenvalue weighted by atomic mass is 35.5. The number of hydrogen-bond acceptors (Lipinski definition) is 3. The van der Waals surface area contributed by atoms with Crippen LogP contribution in [0.2, 0.25) is 0 Å². The van der Waals surface area contributed by atoms with Crippen molar-refractivity contribution >= 4 is 12.4 Å². The summed E-state index contributed by atoms with van der Waals surface area (Å²) >= 11 is 0. The van der Waals surface area contributed by atoms with E-state index in [1.807, 2.05) is 0 Å². The molecule has 0 radical (unpaired) electrons. The van der Waals surface area contributed by atoms with Gasteiger partial charge in [-0.15, -0.1) is 12.4 Å². The van der Waals surface area contributed by atoms with Crippen LogP contribution in [0.4, 0.5) is 0 Å². The Hall–Kier alpha value is -0.930. The summed E-state index contributed by atoms with van der Waals surface area (Å²) in [7, 11) is 0. The summed E-state index contributed by atoms with van der Waals surface area (Å²) in [5.41, 5.74) is 6.07. The third-order valence-electron chi connectivity index (χ3n) is 1.54. The fraction of sp³-hybridized carbons (Fsp3) is 0.250. The maximum Gasteiger partial charge on any atom is 0.162 e. The second kappa shape index (κ2) is 4.18. The van der Waals surface area contributed by atoms with Crippen molar-refractivity contribution in [3.8, 4) is 11.5 Å². The zero-order valence-corrected chi connectivity index (χ0v) is 7.51. The highest BCUT2D eigenvalue weighted by molar-refractivity contribution is 5.85. The van der Waals surface area contributed by atoms with E-state index in [-0.39, 0.29) is 29.9 Å². The zero-order valence-electron chi connectivity index (χ0n) is 6.69. The topological polar surface area (TPSA) is 66.5 Å². The molecule has 0 spiro atoms. The first kappa shape index (κ1) is 11.1. The molecule has 0 aromatic heterocycles. The van der Waals surface area contributed by atoms with Crippen LogP contribution in [-0.2, 0) is 0 Å². The maximum atomic E-state index is 9.24. The number of para-hydroxylation sites is 1. The largest absolute Gasteiger partial charge is 0.504 e. The van der Waals surface area contributed by atoms with E-state index in [1.165, 1.54) is 6.07 Å². The van der Waals surface area contributed by atoms with Crippen molar-refractivity contribution < 1.29 is 10.2 Å². The van der Waals surface area contributed by atoms with Gasteiger partial charge in [-0.05, 0) is 13.0 Å². The fourth-order valence-corrected chi connectivity index (χ4v) is 0.916. The molecule has 4 N–H and O–H groups in total. The predicted octanol–water partition coefficient (Wildman–Crippen LogP) is 1.54. The molecule has 3 nitrogen and oxygen atoms in total. The third-order valence-corrected chi connectivity index (χ3v) is 1.54. The minimum atomic E-state index is -0.262. The molecular formula is C8H12ClNO2. The lowest BCUT2D eigenvalue weighted by atomic mass is 10.1. The number of rotatable bonds is 1. The monoisotopic (exact) mass is 189 g/mol. The molecule has 0 unspecified atom stereocenters. The highest BCUT2D eigenvalue weighted by Gasteiger charge is 2.08. The van der Waals surface area contributed by atoms with Gasteiger partial charge < -0.3 is 15.9 Å². The van der Waals surface area contributed by atoms with E-state index in [4.69, 9.17) is 10.8 Å². The number of hydrogen-bond donors (Lipinski definition) is 3. The van der Waals surface area contributed by atoms with Gasteiger partial charge in [0.1, 0.15) is 0 Å². The average Bonchev–Trinajstić information content (AvgIpc) is 1.94. The van der Waals surface area contributed by atoms with Crippen LogP contribution in [0.15, 0.2) is 18.2 Å². The Bertz CT molecular complexity index is 263. The minimum Gasteiger partial charge on any atom is -0.504 e. The van der Waals surface area contributed by atoms with E-state index >= 15 is 0 Å². The molecule has 0 aliphatic rings. The van der Waals surface area contributed by atoms with Crippen LogP contribution < -0.4 is 5.73 Å². The molecule has 4 heteroatoms. The number of nitrogens with two attached hydrogens (primary N) is 1. The van der Waals surface area contributed by atoms with Gasteiger partial charge in [-0.3, -0.25) is 0 Å². The first-order chi connectivity index (χ1) is 5.13. The molecule has 0 fully saturated rings. The first-order valence-electron chi connectivity index (χ1n) is 3.39. The Labute approximate surface area is 77.2 Å². The molecule has 1 atom stereocenters. The quantitative estimate of drug-likeness (QED) is 0.587. The van der Waals surface area contributed by atoms with Crippen molar-refractivity contribution in [3.05, 3.63) is 23.8 Å². The number of phenols is 2. The van der Waals surface area contributed by atoms with Crippen LogP contribution in [-0.4, -0.2) is 10.2 Å². The lowest BCUT2D eigenvalue weighted by Gasteiger charge is -2.08. The van der Waals surface area contributed by atoms with Crippen molar-refractivity contribution in [1.29, 1.82) is 0 Å². The van der Waals surface area contributed by atoms with E-state index in [2.05, 4.69) is 0 Å². The molecule has 1 aromatic rings. The van der Waals surface area contributed by atoms with Gasteiger partial charge in [-0.1, -0.05) is 12.1 Å². The van der Waals surface area contributed by atoms with Crippen LogP contribution in [0.25, 0.3) is 0 Å². The molecule has 1 aromatic carbocycles. The van der Waals surface area contributed by atoms with Crippen LogP contribution in [0.3, 0.4) is 0 Å². The molecule has 0 bridgehead atoms. The average molecular weight is 190 g/mol. The van der Waals surface area contributed by atoms with E-state index in [0.717, 1.165) is 0 Å². The van der Waals surface area contributed by atoms with Crippen LogP contribution in [0.5, 0.6) is 11.5 Å². The predicted molar refractivity (Wildman–Crippen MR) is 49.6 cm³/mol. The van der Waals surface area contributed by atoms with Gasteiger partial charge in [0, 0.05) is 11.6 Å². The van der Waals surface area contributed by atoms with Crippen LogP contribution in [0.1, 0.15) is 18.5 Å². The highest BCUT2D eigenvalue weighted by Crippen LogP contribution is 2.31. The zero-order chi connectivity index (χ0) is 8.43. The summed E-state index contributed by atoms with van der Waals surface area (Å²) in [4.78, 5) is 0. The second-order valence-corrected chi connectivity index (χ2v) is 2.50. The standard InChI is InChI=1S/C8H11NO2.ClH/c1-5(9)6-3-2-4-7(10)8(6)11;/h2-5,10-11H,9H2,1H3;1H/t5-;/m0./s1. The van der Waals surface area contributed by atoms with Gasteiger partial charge in [-0.2, -0.15) is 0 Å². The summed E-state index contributed by atoms with van der Waals surface area (Å²) in [6.07, 6.45) is 0. The van der Waals surface area contributed by atoms with Crippen LogP contribution >= 0.6 is 12.4 Å². The molecular weight excluding hydrogens is 178 g/mol. The van der Waals surface area contributed by atoms with E-state index in [9.17, 15) is 5.11 Å². The number of aromatic hydroxyl groups is 2. The molecule has 0 saturated carbocycles. The number of halogens is 1. The summed E-state index contributed by atoms with van der Waals surface area (Å²) in [6, 6.07) is 4.48. The molecule has 0 saturated heterocycles. The lowest BCUT2D eigenvalue weighted by Crippen LogP contribution is -2.04. The Balaban J connectivity index is 0.00000121. The smallest absolute Gasteiger partial charge is 0.162 e. The van der Waals surface area contributed by atoms with Gasteiger partial charge in [0.15, 0.2) is 11.5 Å². The second-order valence-electron chi connectivity index (χ2n) is 2.50. The Kier molecular flexibility index (Phi) is 3.86. The SMILES string of the molecule is C[C@H](N)c1cccc(O)c1O.Cl. The molecule has 0 aliphatic carbocycles. The Morgan fingerprint density at radius 1 is 1.33 bits per heavy atom. The molecule has 0 heterocycles. The molecule has 12 heavy (non-hydrogen) atoms.